The smallest absolute Gasteiger partial charge is 0.373 e. The maximum Gasteiger partial charge on any atom is 0.416 e. The summed E-state index contributed by atoms with van der Waals surface area (Å²) in [7, 11) is 3.86. The molecule has 1 fully saturated rings. The van der Waals surface area contributed by atoms with Gasteiger partial charge in [0.25, 0.3) is 0 Å². The van der Waals surface area contributed by atoms with Gasteiger partial charge >= 0.3 is 6.18 Å². The van der Waals surface area contributed by atoms with Crippen LogP contribution in [0.3, 0.4) is 0 Å². The first-order valence-electron chi connectivity index (χ1n) is 13.3. The summed E-state index contributed by atoms with van der Waals surface area (Å²) in [5, 5.41) is 5.75. The number of nitrogens with one attached hydrogen (secondary N) is 2. The van der Waals surface area contributed by atoms with E-state index in [0.29, 0.717) is 6.42 Å². The van der Waals surface area contributed by atoms with Crippen LogP contribution in [-0.2, 0) is 30.4 Å². The van der Waals surface area contributed by atoms with Crippen molar-refractivity contribution in [2.45, 2.75) is 38.9 Å². The first-order valence-corrected chi connectivity index (χ1v) is 13.3. The van der Waals surface area contributed by atoms with Gasteiger partial charge in [0.1, 0.15) is 5.82 Å². The van der Waals surface area contributed by atoms with E-state index in [1.54, 1.807) is 6.07 Å². The summed E-state index contributed by atoms with van der Waals surface area (Å²) in [4.78, 5) is 21.3. The van der Waals surface area contributed by atoms with Crippen molar-refractivity contribution in [3.63, 3.8) is 0 Å². The normalized spacial score (nSPS) is 14.8. The van der Waals surface area contributed by atoms with Crippen molar-refractivity contribution >= 4 is 17.4 Å². The number of amides is 1. The maximum absolute atomic E-state index is 13.8. The van der Waals surface area contributed by atoms with Crippen molar-refractivity contribution < 1.29 is 18.0 Å². The topological polar surface area (TPSA) is 60.5 Å². The third-order valence-electron chi connectivity index (χ3n) is 7.20. The molecular formula is C30H36F3N5O. The van der Waals surface area contributed by atoms with Crippen LogP contribution in [0.2, 0.25) is 0 Å². The zero-order valence-corrected chi connectivity index (χ0v) is 22.7. The van der Waals surface area contributed by atoms with Gasteiger partial charge in [-0.3, -0.25) is 9.69 Å². The molecule has 0 radical (unpaired) electrons. The molecule has 0 saturated carbocycles. The fourth-order valence-corrected chi connectivity index (χ4v) is 4.81. The van der Waals surface area contributed by atoms with E-state index in [-0.39, 0.29) is 30.1 Å². The van der Waals surface area contributed by atoms with Gasteiger partial charge in [0.15, 0.2) is 0 Å². The highest BCUT2D eigenvalue weighted by Crippen LogP contribution is 2.34. The molecule has 0 spiro atoms. The van der Waals surface area contributed by atoms with Gasteiger partial charge in [-0.15, -0.1) is 0 Å². The number of carbonyl (C=O) groups is 1. The zero-order valence-electron chi connectivity index (χ0n) is 22.7. The number of carbonyl (C=O) groups excluding carboxylic acids is 1. The molecule has 39 heavy (non-hydrogen) atoms. The number of hydrogen-bond donors (Lipinski definition) is 2. The molecule has 1 aliphatic rings. The number of likely N-dealkylation sites (N-methyl/N-ethyl adjacent to an activating group) is 1. The number of rotatable bonds is 9. The Morgan fingerprint density at radius 3 is 2.33 bits per heavy atom. The lowest BCUT2D eigenvalue weighted by atomic mass is 10.0. The lowest BCUT2D eigenvalue weighted by Crippen LogP contribution is -2.44. The highest BCUT2D eigenvalue weighted by Gasteiger charge is 2.34. The first-order chi connectivity index (χ1) is 18.7. The second-order valence-electron chi connectivity index (χ2n) is 10.0. The fraction of sp³-hybridized carbons (Fsp3) is 0.400. The van der Waals surface area contributed by atoms with Crippen LogP contribution in [0.15, 0.2) is 54.7 Å². The molecule has 2 heterocycles. The predicted molar refractivity (Wildman–Crippen MR) is 150 cm³/mol. The fourth-order valence-electron chi connectivity index (χ4n) is 4.81. The number of alkyl halides is 3. The van der Waals surface area contributed by atoms with Gasteiger partial charge in [-0.1, -0.05) is 37.3 Å². The molecule has 2 N–H and O–H groups in total. The van der Waals surface area contributed by atoms with Gasteiger partial charge in [0.2, 0.25) is 5.91 Å². The Balaban J connectivity index is 1.36. The molecule has 4 rings (SSSR count). The second-order valence-corrected chi connectivity index (χ2v) is 10.0. The molecule has 1 aliphatic heterocycles. The molecule has 0 bridgehead atoms. The van der Waals surface area contributed by atoms with E-state index in [9.17, 15) is 18.0 Å². The van der Waals surface area contributed by atoms with Crippen molar-refractivity contribution in [3.05, 3.63) is 77.0 Å². The number of halogens is 3. The van der Waals surface area contributed by atoms with E-state index in [1.165, 1.54) is 6.07 Å². The van der Waals surface area contributed by atoms with Crippen molar-refractivity contribution in [1.29, 1.82) is 0 Å². The first kappa shape index (κ1) is 28.6. The van der Waals surface area contributed by atoms with Crippen molar-refractivity contribution in [2.75, 3.05) is 50.9 Å². The number of piperazine rings is 1. The summed E-state index contributed by atoms with van der Waals surface area (Å²) in [6.07, 6.45) is -1.14. The number of nitrogens with zero attached hydrogens (tertiary/aromatic N) is 3. The molecule has 208 valence electrons. The van der Waals surface area contributed by atoms with Crippen LogP contribution in [0.4, 0.5) is 24.7 Å². The van der Waals surface area contributed by atoms with Gasteiger partial charge in [0, 0.05) is 63.6 Å². The van der Waals surface area contributed by atoms with Crippen LogP contribution in [-0.4, -0.2) is 61.0 Å². The molecule has 9 heteroatoms. The molecule has 2 aromatic carbocycles. The van der Waals surface area contributed by atoms with Gasteiger partial charge in [-0.05, 0) is 60.3 Å². The molecule has 1 amide bonds. The van der Waals surface area contributed by atoms with Gasteiger partial charge in [-0.2, -0.15) is 13.2 Å². The number of anilines is 2. The van der Waals surface area contributed by atoms with Gasteiger partial charge in [0.05, 0.1) is 5.56 Å². The largest absolute Gasteiger partial charge is 0.416 e. The minimum atomic E-state index is -4.49. The highest BCUT2D eigenvalue weighted by molar-refractivity contribution is 5.91. The molecule has 0 unspecified atom stereocenters. The summed E-state index contributed by atoms with van der Waals surface area (Å²) >= 11 is 0. The van der Waals surface area contributed by atoms with Crippen molar-refractivity contribution in [2.24, 2.45) is 0 Å². The van der Waals surface area contributed by atoms with Crippen LogP contribution >= 0.6 is 0 Å². The van der Waals surface area contributed by atoms with E-state index in [4.69, 9.17) is 0 Å². The Hall–Kier alpha value is -3.43. The summed E-state index contributed by atoms with van der Waals surface area (Å²) in [6.45, 7) is 5.45. The molecular weight excluding hydrogens is 503 g/mol. The third kappa shape index (κ3) is 7.58. The maximum atomic E-state index is 13.8. The van der Waals surface area contributed by atoms with Gasteiger partial charge in [-0.25, -0.2) is 4.98 Å². The predicted octanol–water partition coefficient (Wildman–Crippen LogP) is 5.69. The average Bonchev–Trinajstić information content (AvgIpc) is 2.93. The Morgan fingerprint density at radius 2 is 1.69 bits per heavy atom. The number of benzene rings is 2. The summed E-state index contributed by atoms with van der Waals surface area (Å²) in [5.74, 6) is 0.550. The molecule has 1 aromatic heterocycles. The number of hydrogen-bond acceptors (Lipinski definition) is 5. The average molecular weight is 540 g/mol. The highest BCUT2D eigenvalue weighted by atomic mass is 19.4. The van der Waals surface area contributed by atoms with E-state index in [0.717, 1.165) is 66.7 Å². The summed E-state index contributed by atoms with van der Waals surface area (Å²) < 4.78 is 41.5. The second kappa shape index (κ2) is 12.6. The van der Waals surface area contributed by atoms with E-state index in [1.807, 2.05) is 49.5 Å². The van der Waals surface area contributed by atoms with E-state index >= 15 is 0 Å². The number of pyridine rings is 1. The van der Waals surface area contributed by atoms with Crippen LogP contribution in [0.5, 0.6) is 0 Å². The van der Waals surface area contributed by atoms with Crippen LogP contribution in [0.25, 0.3) is 11.1 Å². The van der Waals surface area contributed by atoms with E-state index < -0.39 is 11.7 Å². The molecule has 1 saturated heterocycles. The van der Waals surface area contributed by atoms with E-state index in [2.05, 4.69) is 33.5 Å². The number of aromatic nitrogens is 1. The monoisotopic (exact) mass is 539 g/mol. The zero-order chi connectivity index (χ0) is 28.0. The van der Waals surface area contributed by atoms with Crippen LogP contribution in [0.1, 0.15) is 35.6 Å². The summed E-state index contributed by atoms with van der Waals surface area (Å²) in [5.41, 5.74) is 3.86. The SMILES string of the molecule is CCc1cc(-c2ccc(CCC(=O)Nc3ccc(CN4CCN(C)CC4)c(C(F)(F)F)c3)cc2)cnc1NC. The van der Waals surface area contributed by atoms with Crippen LogP contribution < -0.4 is 10.6 Å². The number of aryl methyl sites for hydroxylation is 2. The third-order valence-corrected chi connectivity index (χ3v) is 7.20. The minimum absolute atomic E-state index is 0.161. The molecule has 0 atom stereocenters. The Morgan fingerprint density at radius 1 is 0.974 bits per heavy atom. The Kier molecular flexibility index (Phi) is 9.24. The lowest BCUT2D eigenvalue weighted by molar-refractivity contribution is -0.138. The lowest BCUT2D eigenvalue weighted by Gasteiger charge is -2.33. The van der Waals surface area contributed by atoms with Gasteiger partial charge < -0.3 is 15.5 Å². The standard InChI is InChI=1S/C30H36F3N5O/c1-4-22-17-25(19-35-29(22)34-2)23-8-5-21(6-9-23)7-12-28(39)36-26-11-10-24(27(18-26)30(31,32)33)20-38-15-13-37(3)14-16-38/h5-6,8-11,17-19H,4,7,12-16,20H2,1-3H3,(H,34,35)(H,36,39). The molecule has 3 aromatic rings. The van der Waals surface area contributed by atoms with Crippen molar-refractivity contribution in [3.8, 4) is 11.1 Å². The quantitative estimate of drug-likeness (QED) is 0.366. The van der Waals surface area contributed by atoms with Crippen LogP contribution in [0, 0.1) is 0 Å². The molecule has 6 nitrogen and oxygen atoms in total. The Labute approximate surface area is 228 Å². The minimum Gasteiger partial charge on any atom is -0.373 e. The summed E-state index contributed by atoms with van der Waals surface area (Å²) in [6, 6.07) is 14.1. The van der Waals surface area contributed by atoms with Crippen molar-refractivity contribution in [1.82, 2.24) is 14.8 Å². The molecule has 0 aliphatic carbocycles. The Bertz CT molecular complexity index is 1270.